The maximum Gasteiger partial charge on any atom is 0.404 e. The first-order chi connectivity index (χ1) is 11.9. The van der Waals surface area contributed by atoms with Crippen LogP contribution in [0.2, 0.25) is 0 Å². The summed E-state index contributed by atoms with van der Waals surface area (Å²) in [4.78, 5) is 11.4. The summed E-state index contributed by atoms with van der Waals surface area (Å²) in [5.41, 5.74) is 2.21. The molecule has 0 aromatic heterocycles. The zero-order chi connectivity index (χ0) is 18.3. The maximum absolute atomic E-state index is 11.4. The number of benzene rings is 2. The van der Waals surface area contributed by atoms with E-state index in [2.05, 4.69) is 43.5 Å². The van der Waals surface area contributed by atoms with Crippen LogP contribution in [0.5, 0.6) is 0 Å². The van der Waals surface area contributed by atoms with Crippen molar-refractivity contribution >= 4 is 6.09 Å². The highest BCUT2D eigenvalue weighted by Gasteiger charge is 2.33. The molecule has 0 aliphatic carbocycles. The van der Waals surface area contributed by atoms with Crippen LogP contribution in [-0.2, 0) is 13.0 Å². The van der Waals surface area contributed by atoms with Crippen molar-refractivity contribution in [2.45, 2.75) is 45.8 Å². The molecule has 0 spiro atoms. The van der Waals surface area contributed by atoms with Gasteiger partial charge in [-0.05, 0) is 23.0 Å². The topological polar surface area (TPSA) is 61.4 Å². The first-order valence-electron chi connectivity index (χ1n) is 8.67. The zero-order valence-corrected chi connectivity index (χ0v) is 15.2. The third-order valence-corrected chi connectivity index (χ3v) is 4.31. The van der Waals surface area contributed by atoms with E-state index in [9.17, 15) is 9.90 Å². The highest BCUT2D eigenvalue weighted by Crippen LogP contribution is 2.24. The van der Waals surface area contributed by atoms with E-state index >= 15 is 0 Å². The molecular weight excluding hydrogens is 312 g/mol. The molecule has 4 nitrogen and oxygen atoms in total. The fourth-order valence-electron chi connectivity index (χ4n) is 3.15. The van der Waals surface area contributed by atoms with Crippen LogP contribution < -0.4 is 10.6 Å². The van der Waals surface area contributed by atoms with Crippen LogP contribution in [0, 0.1) is 5.41 Å². The number of hydrogen-bond donors (Lipinski definition) is 3. The molecule has 0 aliphatic rings. The van der Waals surface area contributed by atoms with Gasteiger partial charge in [-0.3, -0.25) is 0 Å². The summed E-state index contributed by atoms with van der Waals surface area (Å²) >= 11 is 0. The molecule has 134 valence electrons. The van der Waals surface area contributed by atoms with Crippen molar-refractivity contribution in [1.29, 1.82) is 0 Å². The molecule has 25 heavy (non-hydrogen) atoms. The minimum atomic E-state index is -0.989. The zero-order valence-electron chi connectivity index (χ0n) is 15.2. The summed E-state index contributed by atoms with van der Waals surface area (Å²) in [5, 5.41) is 15.6. The molecule has 2 rings (SSSR count). The van der Waals surface area contributed by atoms with Gasteiger partial charge in [0.15, 0.2) is 0 Å². The molecular formula is C21H28N2O2. The highest BCUT2D eigenvalue weighted by atomic mass is 16.4. The monoisotopic (exact) mass is 340 g/mol. The molecule has 1 amide bonds. The van der Waals surface area contributed by atoms with Gasteiger partial charge in [-0.1, -0.05) is 81.4 Å². The van der Waals surface area contributed by atoms with Crippen molar-refractivity contribution < 1.29 is 9.90 Å². The smallest absolute Gasteiger partial charge is 0.404 e. The van der Waals surface area contributed by atoms with Crippen LogP contribution in [0.4, 0.5) is 4.79 Å². The molecule has 0 saturated heterocycles. The van der Waals surface area contributed by atoms with Gasteiger partial charge >= 0.3 is 6.09 Å². The largest absolute Gasteiger partial charge is 0.465 e. The molecule has 0 aliphatic heterocycles. The lowest BCUT2D eigenvalue weighted by atomic mass is 9.80. The summed E-state index contributed by atoms with van der Waals surface area (Å²) in [6.45, 7) is 7.11. The Balaban J connectivity index is 2.18. The Morgan fingerprint density at radius 1 is 0.960 bits per heavy atom. The number of carbonyl (C=O) groups is 1. The van der Waals surface area contributed by atoms with Gasteiger partial charge in [0, 0.05) is 12.6 Å². The van der Waals surface area contributed by atoms with Crippen molar-refractivity contribution in [3.8, 4) is 0 Å². The second-order valence-electron chi connectivity index (χ2n) is 7.46. The van der Waals surface area contributed by atoms with Gasteiger partial charge in [0.2, 0.25) is 0 Å². The van der Waals surface area contributed by atoms with E-state index in [-0.39, 0.29) is 17.5 Å². The fourth-order valence-corrected chi connectivity index (χ4v) is 3.15. The van der Waals surface area contributed by atoms with Crippen molar-refractivity contribution in [3.05, 3.63) is 71.8 Å². The standard InChI is InChI=1S/C21H28N2O2/c1-21(2,3)19(22-15-17-12-8-5-9-13-17)18(23-20(24)25)14-16-10-6-4-7-11-16/h4-13,18-19,22-23H,14-15H2,1-3H3,(H,24,25)/t18-,19?/m1/s1. The first kappa shape index (κ1) is 19.0. The molecule has 4 heteroatoms. The molecule has 2 aromatic rings. The summed E-state index contributed by atoms with van der Waals surface area (Å²) in [5.74, 6) is 0. The Morgan fingerprint density at radius 2 is 1.48 bits per heavy atom. The van der Waals surface area contributed by atoms with Gasteiger partial charge < -0.3 is 15.7 Å². The van der Waals surface area contributed by atoms with E-state index in [1.54, 1.807) is 0 Å². The molecule has 1 unspecified atom stereocenters. The Kier molecular flexibility index (Phi) is 6.59. The Morgan fingerprint density at radius 3 is 1.96 bits per heavy atom. The second-order valence-corrected chi connectivity index (χ2v) is 7.46. The normalized spacial score (nSPS) is 13.9. The second kappa shape index (κ2) is 8.67. The number of hydrogen-bond acceptors (Lipinski definition) is 2. The summed E-state index contributed by atoms with van der Waals surface area (Å²) in [6, 6.07) is 19.9. The molecule has 3 N–H and O–H groups in total. The van der Waals surface area contributed by atoms with Crippen LogP contribution in [0.15, 0.2) is 60.7 Å². The van der Waals surface area contributed by atoms with Gasteiger partial charge in [-0.25, -0.2) is 4.79 Å². The van der Waals surface area contributed by atoms with Crippen LogP contribution in [0.3, 0.4) is 0 Å². The predicted octanol–water partition coefficient (Wildman–Crippen LogP) is 4.07. The Hall–Kier alpha value is -2.33. The average molecular weight is 340 g/mol. The summed E-state index contributed by atoms with van der Waals surface area (Å²) < 4.78 is 0. The van der Waals surface area contributed by atoms with E-state index in [0.717, 1.165) is 5.56 Å². The average Bonchev–Trinajstić information content (AvgIpc) is 2.55. The fraction of sp³-hybridized carbons (Fsp3) is 0.381. The Labute approximate surface area is 150 Å². The number of nitrogens with one attached hydrogen (secondary N) is 2. The lowest BCUT2D eigenvalue weighted by molar-refractivity contribution is 0.168. The van der Waals surface area contributed by atoms with E-state index < -0.39 is 6.09 Å². The summed E-state index contributed by atoms with van der Waals surface area (Å²) in [6.07, 6.45) is -0.340. The molecule has 2 atom stereocenters. The van der Waals surface area contributed by atoms with Gasteiger partial charge in [0.1, 0.15) is 0 Å². The maximum atomic E-state index is 11.4. The van der Waals surface area contributed by atoms with Crippen molar-refractivity contribution in [1.82, 2.24) is 10.6 Å². The minimum absolute atomic E-state index is 0.0102. The third kappa shape index (κ3) is 6.24. The van der Waals surface area contributed by atoms with Gasteiger partial charge in [0.05, 0.1) is 6.04 Å². The lowest BCUT2D eigenvalue weighted by Crippen LogP contribution is -2.56. The lowest BCUT2D eigenvalue weighted by Gasteiger charge is -2.38. The predicted molar refractivity (Wildman–Crippen MR) is 102 cm³/mol. The number of carboxylic acid groups (broad SMARTS) is 1. The number of amides is 1. The molecule has 0 fully saturated rings. The van der Waals surface area contributed by atoms with E-state index in [0.29, 0.717) is 13.0 Å². The van der Waals surface area contributed by atoms with Crippen molar-refractivity contribution in [2.24, 2.45) is 5.41 Å². The Bertz CT molecular complexity index is 651. The molecule has 0 bridgehead atoms. The van der Waals surface area contributed by atoms with E-state index in [4.69, 9.17) is 0 Å². The first-order valence-corrected chi connectivity index (χ1v) is 8.67. The van der Waals surface area contributed by atoms with E-state index in [1.165, 1.54) is 5.56 Å². The van der Waals surface area contributed by atoms with E-state index in [1.807, 2.05) is 48.5 Å². The number of rotatable bonds is 7. The quantitative estimate of drug-likeness (QED) is 0.712. The van der Waals surface area contributed by atoms with Crippen LogP contribution in [0.25, 0.3) is 0 Å². The minimum Gasteiger partial charge on any atom is -0.465 e. The molecule has 0 heterocycles. The van der Waals surface area contributed by atoms with Crippen LogP contribution >= 0.6 is 0 Å². The third-order valence-electron chi connectivity index (χ3n) is 4.31. The SMILES string of the molecule is CC(C)(C)C(NCc1ccccc1)[C@@H](Cc1ccccc1)NC(=O)O. The van der Waals surface area contributed by atoms with Gasteiger partial charge in [-0.15, -0.1) is 0 Å². The summed E-state index contributed by atoms with van der Waals surface area (Å²) in [7, 11) is 0. The van der Waals surface area contributed by atoms with Crippen molar-refractivity contribution in [3.63, 3.8) is 0 Å². The highest BCUT2D eigenvalue weighted by molar-refractivity contribution is 5.65. The van der Waals surface area contributed by atoms with Crippen molar-refractivity contribution in [2.75, 3.05) is 0 Å². The van der Waals surface area contributed by atoms with Crippen LogP contribution in [0.1, 0.15) is 31.9 Å². The van der Waals surface area contributed by atoms with Gasteiger partial charge in [-0.2, -0.15) is 0 Å². The molecule has 2 aromatic carbocycles. The molecule has 0 radical (unpaired) electrons. The van der Waals surface area contributed by atoms with Gasteiger partial charge in [0.25, 0.3) is 0 Å². The van der Waals surface area contributed by atoms with Crippen LogP contribution in [-0.4, -0.2) is 23.3 Å². The molecule has 0 saturated carbocycles.